The number of hydrogen-bond acceptors (Lipinski definition) is 5. The summed E-state index contributed by atoms with van der Waals surface area (Å²) in [5.74, 6) is -0.265. The Bertz CT molecular complexity index is 1370. The van der Waals surface area contributed by atoms with E-state index in [0.717, 1.165) is 22.2 Å². The number of nitrogens with one attached hydrogen (secondary N) is 3. The molecule has 0 spiro atoms. The molecule has 0 aliphatic heterocycles. The SMILES string of the molecule is CNS(=O)(=O)c1cc(C(=O)NC(c2ccccc2)c2ccc3nc[nH]c3c2)ccc1OC. The zero-order chi connectivity index (χ0) is 22.7. The predicted molar refractivity (Wildman–Crippen MR) is 121 cm³/mol. The molecule has 8 nitrogen and oxygen atoms in total. The van der Waals surface area contributed by atoms with E-state index in [-0.39, 0.29) is 16.2 Å². The molecule has 4 aromatic rings. The summed E-state index contributed by atoms with van der Waals surface area (Å²) in [6.07, 6.45) is 1.62. The summed E-state index contributed by atoms with van der Waals surface area (Å²) >= 11 is 0. The number of hydrogen-bond donors (Lipinski definition) is 3. The van der Waals surface area contributed by atoms with Gasteiger partial charge in [-0.05, 0) is 48.5 Å². The molecule has 0 radical (unpaired) electrons. The van der Waals surface area contributed by atoms with E-state index in [1.54, 1.807) is 6.33 Å². The van der Waals surface area contributed by atoms with Crippen LogP contribution in [0.3, 0.4) is 0 Å². The fourth-order valence-corrected chi connectivity index (χ4v) is 4.41. The van der Waals surface area contributed by atoms with Crippen molar-refractivity contribution in [2.75, 3.05) is 14.2 Å². The van der Waals surface area contributed by atoms with Crippen molar-refractivity contribution in [2.45, 2.75) is 10.9 Å². The number of aromatic amines is 1. The molecule has 32 heavy (non-hydrogen) atoms. The van der Waals surface area contributed by atoms with Crippen molar-refractivity contribution >= 4 is 27.0 Å². The number of H-pyrrole nitrogens is 1. The number of carbonyl (C=O) groups is 1. The fourth-order valence-electron chi connectivity index (χ4n) is 3.49. The Morgan fingerprint density at radius 1 is 1.03 bits per heavy atom. The second kappa shape index (κ2) is 8.81. The Morgan fingerprint density at radius 3 is 2.53 bits per heavy atom. The molecule has 0 bridgehead atoms. The second-order valence-electron chi connectivity index (χ2n) is 7.07. The Morgan fingerprint density at radius 2 is 1.81 bits per heavy atom. The number of nitrogens with zero attached hydrogens (tertiary/aromatic N) is 1. The highest BCUT2D eigenvalue weighted by molar-refractivity contribution is 7.89. The summed E-state index contributed by atoms with van der Waals surface area (Å²) in [5.41, 5.74) is 3.62. The average Bonchev–Trinajstić information content (AvgIpc) is 3.30. The third-order valence-corrected chi connectivity index (χ3v) is 6.61. The number of methoxy groups -OCH3 is 1. The van der Waals surface area contributed by atoms with Gasteiger partial charge in [-0.15, -0.1) is 0 Å². The van der Waals surface area contributed by atoms with E-state index in [1.807, 2.05) is 48.5 Å². The zero-order valence-corrected chi connectivity index (χ0v) is 18.3. The third kappa shape index (κ3) is 4.20. The van der Waals surface area contributed by atoms with Gasteiger partial charge in [0.2, 0.25) is 10.0 Å². The lowest BCUT2D eigenvalue weighted by molar-refractivity contribution is 0.0942. The Labute approximate surface area is 185 Å². The first-order chi connectivity index (χ1) is 15.4. The van der Waals surface area contributed by atoms with Crippen LogP contribution in [0.25, 0.3) is 11.0 Å². The summed E-state index contributed by atoms with van der Waals surface area (Å²) in [7, 11) is -1.13. The van der Waals surface area contributed by atoms with E-state index >= 15 is 0 Å². The number of carbonyl (C=O) groups excluding carboxylic acids is 1. The number of rotatable bonds is 7. The van der Waals surface area contributed by atoms with Crippen molar-refractivity contribution < 1.29 is 17.9 Å². The lowest BCUT2D eigenvalue weighted by Crippen LogP contribution is -2.29. The van der Waals surface area contributed by atoms with Crippen LogP contribution in [0, 0.1) is 0 Å². The zero-order valence-electron chi connectivity index (χ0n) is 17.5. The standard InChI is InChI=1S/C23H22N4O4S/c1-24-32(29,30)21-13-17(9-11-20(21)31-2)23(28)27-22(15-6-4-3-5-7-15)16-8-10-18-19(12-16)26-14-25-18/h3-14,22,24H,1-2H3,(H,25,26)(H,27,28). The van der Waals surface area contributed by atoms with Crippen LogP contribution >= 0.6 is 0 Å². The van der Waals surface area contributed by atoms with Gasteiger partial charge in [0, 0.05) is 5.56 Å². The molecule has 3 N–H and O–H groups in total. The molecule has 1 unspecified atom stereocenters. The van der Waals surface area contributed by atoms with Crippen molar-refractivity contribution in [1.29, 1.82) is 0 Å². The lowest BCUT2D eigenvalue weighted by atomic mass is 9.97. The molecule has 4 rings (SSSR count). The Kier molecular flexibility index (Phi) is 5.93. The van der Waals surface area contributed by atoms with Crippen LogP contribution in [0.15, 0.2) is 78.0 Å². The third-order valence-electron chi connectivity index (χ3n) is 5.17. The van der Waals surface area contributed by atoms with E-state index in [4.69, 9.17) is 4.74 Å². The number of benzene rings is 3. The van der Waals surface area contributed by atoms with Crippen LogP contribution in [-0.4, -0.2) is 38.5 Å². The molecule has 0 aliphatic rings. The summed E-state index contributed by atoms with van der Waals surface area (Å²) in [6.45, 7) is 0. The average molecular weight is 451 g/mol. The van der Waals surface area contributed by atoms with Crippen molar-refractivity contribution in [2.24, 2.45) is 0 Å². The minimum Gasteiger partial charge on any atom is -0.495 e. The number of ether oxygens (including phenoxy) is 1. The van der Waals surface area contributed by atoms with Crippen molar-refractivity contribution in [1.82, 2.24) is 20.0 Å². The first kappa shape index (κ1) is 21.5. The summed E-state index contributed by atoms with van der Waals surface area (Å²) in [4.78, 5) is 20.4. The maximum atomic E-state index is 13.2. The highest BCUT2D eigenvalue weighted by Crippen LogP contribution is 2.27. The molecule has 9 heteroatoms. The van der Waals surface area contributed by atoms with Crippen molar-refractivity contribution in [3.8, 4) is 5.75 Å². The van der Waals surface area contributed by atoms with Crippen LogP contribution in [-0.2, 0) is 10.0 Å². The molecule has 1 heterocycles. The topological polar surface area (TPSA) is 113 Å². The van der Waals surface area contributed by atoms with Crippen molar-refractivity contribution in [3.05, 3.63) is 89.7 Å². The van der Waals surface area contributed by atoms with Gasteiger partial charge in [-0.2, -0.15) is 0 Å². The van der Waals surface area contributed by atoms with Gasteiger partial charge >= 0.3 is 0 Å². The van der Waals surface area contributed by atoms with E-state index in [2.05, 4.69) is 20.0 Å². The highest BCUT2D eigenvalue weighted by Gasteiger charge is 2.23. The van der Waals surface area contributed by atoms with Crippen LogP contribution in [0.5, 0.6) is 5.75 Å². The number of sulfonamides is 1. The minimum atomic E-state index is -3.81. The normalized spacial score (nSPS) is 12.4. The van der Waals surface area contributed by atoms with Gasteiger partial charge in [-0.25, -0.2) is 18.1 Å². The Balaban J connectivity index is 1.73. The molecular weight excluding hydrogens is 428 g/mol. The molecule has 1 amide bonds. The molecular formula is C23H22N4O4S. The van der Waals surface area contributed by atoms with Gasteiger partial charge in [-0.3, -0.25) is 4.79 Å². The van der Waals surface area contributed by atoms with Gasteiger partial charge < -0.3 is 15.0 Å². The molecule has 164 valence electrons. The summed E-state index contributed by atoms with van der Waals surface area (Å²) in [6, 6.07) is 19.1. The molecule has 0 saturated heterocycles. The van der Waals surface area contributed by atoms with Gasteiger partial charge in [0.15, 0.2) is 0 Å². The van der Waals surface area contributed by atoms with Crippen LogP contribution in [0.4, 0.5) is 0 Å². The van der Waals surface area contributed by atoms with Crippen molar-refractivity contribution in [3.63, 3.8) is 0 Å². The quantitative estimate of drug-likeness (QED) is 0.401. The Hall–Kier alpha value is -3.69. The number of amides is 1. The number of fused-ring (bicyclic) bond motifs is 1. The van der Waals surface area contributed by atoms with Crippen LogP contribution in [0.2, 0.25) is 0 Å². The summed E-state index contributed by atoms with van der Waals surface area (Å²) < 4.78 is 32.2. The lowest BCUT2D eigenvalue weighted by Gasteiger charge is -2.20. The summed E-state index contributed by atoms with van der Waals surface area (Å²) in [5, 5.41) is 3.03. The maximum absolute atomic E-state index is 13.2. The van der Waals surface area contributed by atoms with Crippen LogP contribution in [0.1, 0.15) is 27.5 Å². The molecule has 1 aromatic heterocycles. The fraction of sp³-hybridized carbons (Fsp3) is 0.130. The van der Waals surface area contributed by atoms with Gasteiger partial charge in [-0.1, -0.05) is 36.4 Å². The molecule has 3 aromatic carbocycles. The van der Waals surface area contributed by atoms with Gasteiger partial charge in [0.1, 0.15) is 10.6 Å². The second-order valence-corrected chi connectivity index (χ2v) is 8.92. The smallest absolute Gasteiger partial charge is 0.252 e. The molecule has 0 saturated carbocycles. The molecule has 0 fully saturated rings. The molecule has 1 atom stereocenters. The minimum absolute atomic E-state index is 0.106. The largest absolute Gasteiger partial charge is 0.495 e. The van der Waals surface area contributed by atoms with E-state index in [1.165, 1.54) is 32.4 Å². The maximum Gasteiger partial charge on any atom is 0.252 e. The number of imidazole rings is 1. The van der Waals surface area contributed by atoms with Crippen LogP contribution < -0.4 is 14.8 Å². The molecule has 0 aliphatic carbocycles. The van der Waals surface area contributed by atoms with Gasteiger partial charge in [0.25, 0.3) is 5.91 Å². The highest BCUT2D eigenvalue weighted by atomic mass is 32.2. The predicted octanol–water partition coefficient (Wildman–Crippen LogP) is 3.00. The first-order valence-corrected chi connectivity index (χ1v) is 11.3. The van der Waals surface area contributed by atoms with Gasteiger partial charge in [0.05, 0.1) is 30.5 Å². The van der Waals surface area contributed by atoms with E-state index in [9.17, 15) is 13.2 Å². The monoisotopic (exact) mass is 450 g/mol. The first-order valence-electron chi connectivity index (χ1n) is 9.83. The number of aromatic nitrogens is 2. The van der Waals surface area contributed by atoms with E-state index < -0.39 is 22.0 Å². The van der Waals surface area contributed by atoms with E-state index in [0.29, 0.717) is 0 Å².